The second-order valence-electron chi connectivity index (χ2n) is 4.19. The van der Waals surface area contributed by atoms with E-state index in [1.54, 1.807) is 6.07 Å². The highest BCUT2D eigenvalue weighted by atomic mass is 79.9. The molecule has 0 unspecified atom stereocenters. The zero-order valence-corrected chi connectivity index (χ0v) is 11.0. The summed E-state index contributed by atoms with van der Waals surface area (Å²) in [5.41, 5.74) is 5.85. The van der Waals surface area contributed by atoms with Crippen LogP contribution in [0.25, 0.3) is 0 Å². The Balaban J connectivity index is 2.46. The van der Waals surface area contributed by atoms with Gasteiger partial charge in [0.25, 0.3) is 5.91 Å². The molecule has 1 aromatic rings. The van der Waals surface area contributed by atoms with Gasteiger partial charge in [-0.05, 0) is 31.4 Å². The molecule has 0 bridgehead atoms. The van der Waals surface area contributed by atoms with Gasteiger partial charge in [-0.3, -0.25) is 4.79 Å². The zero-order chi connectivity index (χ0) is 12.4. The van der Waals surface area contributed by atoms with Crippen molar-refractivity contribution >= 4 is 27.5 Å². The van der Waals surface area contributed by atoms with E-state index >= 15 is 0 Å². The maximum absolute atomic E-state index is 13.8. The third kappa shape index (κ3) is 2.60. The SMILES string of the molecule is NC(=O)c1c(F)cc(Br)cc1N1CCCCC1. The van der Waals surface area contributed by atoms with Gasteiger partial charge in [0, 0.05) is 17.6 Å². The number of nitrogens with zero attached hydrogens (tertiary/aromatic N) is 1. The van der Waals surface area contributed by atoms with Crippen LogP contribution in [0.1, 0.15) is 29.6 Å². The normalized spacial score (nSPS) is 16.0. The lowest BCUT2D eigenvalue weighted by atomic mass is 10.1. The molecule has 0 radical (unpaired) electrons. The predicted octanol–water partition coefficient (Wildman–Crippen LogP) is 2.68. The fourth-order valence-corrected chi connectivity index (χ4v) is 2.61. The third-order valence-electron chi connectivity index (χ3n) is 2.98. The van der Waals surface area contributed by atoms with E-state index < -0.39 is 11.7 Å². The molecular formula is C12H14BrFN2O. The molecule has 2 rings (SSSR count). The summed E-state index contributed by atoms with van der Waals surface area (Å²) >= 11 is 3.24. The Kier molecular flexibility index (Phi) is 3.66. The van der Waals surface area contributed by atoms with Crippen LogP contribution in [-0.2, 0) is 0 Å². The molecule has 1 saturated heterocycles. The third-order valence-corrected chi connectivity index (χ3v) is 3.44. The van der Waals surface area contributed by atoms with E-state index in [1.807, 2.05) is 4.90 Å². The topological polar surface area (TPSA) is 46.3 Å². The molecule has 1 amide bonds. The number of rotatable bonds is 2. The molecule has 1 aromatic carbocycles. The van der Waals surface area contributed by atoms with Crippen LogP contribution >= 0.6 is 15.9 Å². The Bertz CT molecular complexity index is 444. The molecule has 5 heteroatoms. The summed E-state index contributed by atoms with van der Waals surface area (Å²) in [4.78, 5) is 13.4. The number of carbonyl (C=O) groups is 1. The van der Waals surface area contributed by atoms with Crippen molar-refractivity contribution in [3.8, 4) is 0 Å². The lowest BCUT2D eigenvalue weighted by Crippen LogP contribution is -2.32. The molecule has 1 aliphatic rings. The average molecular weight is 301 g/mol. The highest BCUT2D eigenvalue weighted by Gasteiger charge is 2.21. The molecule has 1 fully saturated rings. The number of nitrogens with two attached hydrogens (primary N) is 1. The van der Waals surface area contributed by atoms with Gasteiger partial charge < -0.3 is 10.6 Å². The molecule has 1 aliphatic heterocycles. The van der Waals surface area contributed by atoms with Crippen LogP contribution in [0.5, 0.6) is 0 Å². The lowest BCUT2D eigenvalue weighted by Gasteiger charge is -2.30. The summed E-state index contributed by atoms with van der Waals surface area (Å²) in [5, 5.41) is 0. The molecule has 1 heterocycles. The minimum absolute atomic E-state index is 0.00454. The van der Waals surface area contributed by atoms with Crippen molar-refractivity contribution in [3.05, 3.63) is 28.0 Å². The summed E-state index contributed by atoms with van der Waals surface area (Å²) < 4.78 is 14.4. The van der Waals surface area contributed by atoms with E-state index in [9.17, 15) is 9.18 Å². The van der Waals surface area contributed by atoms with Crippen LogP contribution in [0.3, 0.4) is 0 Å². The van der Waals surface area contributed by atoms with E-state index in [0.717, 1.165) is 25.9 Å². The minimum Gasteiger partial charge on any atom is -0.371 e. The second kappa shape index (κ2) is 5.04. The van der Waals surface area contributed by atoms with Crippen LogP contribution < -0.4 is 10.6 Å². The van der Waals surface area contributed by atoms with Gasteiger partial charge in [0.05, 0.1) is 11.3 Å². The smallest absolute Gasteiger partial charge is 0.253 e. The van der Waals surface area contributed by atoms with Crippen molar-refractivity contribution < 1.29 is 9.18 Å². The first-order valence-electron chi connectivity index (χ1n) is 5.63. The number of primary amides is 1. The van der Waals surface area contributed by atoms with E-state index in [0.29, 0.717) is 10.2 Å². The van der Waals surface area contributed by atoms with Crippen LogP contribution in [0.2, 0.25) is 0 Å². The Morgan fingerprint density at radius 2 is 1.94 bits per heavy atom. The summed E-state index contributed by atoms with van der Waals surface area (Å²) in [6, 6.07) is 3.03. The fourth-order valence-electron chi connectivity index (χ4n) is 2.19. The molecule has 3 nitrogen and oxygen atoms in total. The van der Waals surface area contributed by atoms with Gasteiger partial charge >= 0.3 is 0 Å². The van der Waals surface area contributed by atoms with Gasteiger partial charge in [-0.15, -0.1) is 0 Å². The maximum Gasteiger partial charge on any atom is 0.253 e. The van der Waals surface area contributed by atoms with Gasteiger partial charge in [-0.25, -0.2) is 4.39 Å². The van der Waals surface area contributed by atoms with E-state index in [2.05, 4.69) is 15.9 Å². The lowest BCUT2D eigenvalue weighted by molar-refractivity contribution is 0.0997. The Hall–Kier alpha value is -1.10. The van der Waals surface area contributed by atoms with Crippen molar-refractivity contribution in [3.63, 3.8) is 0 Å². The second-order valence-corrected chi connectivity index (χ2v) is 5.11. The first-order valence-corrected chi connectivity index (χ1v) is 6.42. The number of anilines is 1. The van der Waals surface area contributed by atoms with Crippen LogP contribution in [0.4, 0.5) is 10.1 Å². The number of hydrogen-bond acceptors (Lipinski definition) is 2. The first kappa shape index (κ1) is 12.4. The van der Waals surface area contributed by atoms with Crippen LogP contribution in [0, 0.1) is 5.82 Å². The largest absolute Gasteiger partial charge is 0.371 e. The van der Waals surface area contributed by atoms with E-state index in [-0.39, 0.29) is 5.56 Å². The Morgan fingerprint density at radius 3 is 2.53 bits per heavy atom. The molecule has 17 heavy (non-hydrogen) atoms. The van der Waals surface area contributed by atoms with E-state index in [4.69, 9.17) is 5.73 Å². The zero-order valence-electron chi connectivity index (χ0n) is 9.38. The summed E-state index contributed by atoms with van der Waals surface area (Å²) in [6.07, 6.45) is 3.30. The van der Waals surface area contributed by atoms with Crippen molar-refractivity contribution in [1.82, 2.24) is 0 Å². The van der Waals surface area contributed by atoms with Gasteiger partial charge in [-0.1, -0.05) is 15.9 Å². The molecule has 0 aliphatic carbocycles. The molecule has 0 saturated carbocycles. The van der Waals surface area contributed by atoms with Gasteiger partial charge in [0.15, 0.2) is 0 Å². The number of benzene rings is 1. The van der Waals surface area contributed by atoms with Crippen LogP contribution in [0.15, 0.2) is 16.6 Å². The molecular weight excluding hydrogens is 287 g/mol. The number of amides is 1. The summed E-state index contributed by atoms with van der Waals surface area (Å²) in [6.45, 7) is 1.69. The number of hydrogen-bond donors (Lipinski definition) is 1. The highest BCUT2D eigenvalue weighted by Crippen LogP contribution is 2.29. The quantitative estimate of drug-likeness (QED) is 0.913. The fraction of sp³-hybridized carbons (Fsp3) is 0.417. The first-order chi connectivity index (χ1) is 8.09. The number of halogens is 2. The Labute approximate surface area is 108 Å². The van der Waals surface area contributed by atoms with Gasteiger partial charge in [-0.2, -0.15) is 0 Å². The molecule has 2 N–H and O–H groups in total. The molecule has 0 atom stereocenters. The summed E-state index contributed by atoms with van der Waals surface area (Å²) in [5.74, 6) is -1.27. The minimum atomic E-state index is -0.712. The maximum atomic E-state index is 13.8. The molecule has 0 spiro atoms. The number of piperidine rings is 1. The van der Waals surface area contributed by atoms with Gasteiger partial charge in [0.1, 0.15) is 5.82 Å². The van der Waals surface area contributed by atoms with Gasteiger partial charge in [0.2, 0.25) is 0 Å². The monoisotopic (exact) mass is 300 g/mol. The predicted molar refractivity (Wildman–Crippen MR) is 68.7 cm³/mol. The van der Waals surface area contributed by atoms with Crippen molar-refractivity contribution in [1.29, 1.82) is 0 Å². The van der Waals surface area contributed by atoms with Crippen LogP contribution in [-0.4, -0.2) is 19.0 Å². The Morgan fingerprint density at radius 1 is 1.29 bits per heavy atom. The standard InChI is InChI=1S/C12H14BrFN2O/c13-8-6-9(14)11(12(15)17)10(7-8)16-4-2-1-3-5-16/h6-7H,1-5H2,(H2,15,17). The molecule has 0 aromatic heterocycles. The van der Waals surface area contributed by atoms with Crippen molar-refractivity contribution in [2.24, 2.45) is 5.73 Å². The summed E-state index contributed by atoms with van der Waals surface area (Å²) in [7, 11) is 0. The highest BCUT2D eigenvalue weighted by molar-refractivity contribution is 9.10. The van der Waals surface area contributed by atoms with Crippen molar-refractivity contribution in [2.45, 2.75) is 19.3 Å². The average Bonchev–Trinajstić information content (AvgIpc) is 2.28. The van der Waals surface area contributed by atoms with E-state index in [1.165, 1.54) is 12.5 Å². The number of carbonyl (C=O) groups excluding carboxylic acids is 1. The van der Waals surface area contributed by atoms with Crippen molar-refractivity contribution in [2.75, 3.05) is 18.0 Å². The molecule has 92 valence electrons.